The first-order chi connectivity index (χ1) is 9.49. The molecule has 0 fully saturated rings. The molecular formula is C14H17N3O2S. The number of nitrogens with zero attached hydrogens (tertiary/aromatic N) is 2. The molecule has 2 aromatic heterocycles. The van der Waals surface area contributed by atoms with E-state index in [2.05, 4.69) is 14.7 Å². The Morgan fingerprint density at radius 3 is 2.55 bits per heavy atom. The van der Waals surface area contributed by atoms with Gasteiger partial charge >= 0.3 is 0 Å². The van der Waals surface area contributed by atoms with Crippen LogP contribution < -0.4 is 4.72 Å². The second-order valence-corrected chi connectivity index (χ2v) is 7.03. The Bertz CT molecular complexity index is 653. The van der Waals surface area contributed by atoms with E-state index in [0.29, 0.717) is 0 Å². The maximum absolute atomic E-state index is 11.7. The average molecular weight is 291 g/mol. The highest BCUT2D eigenvalue weighted by Gasteiger charge is 2.14. The summed E-state index contributed by atoms with van der Waals surface area (Å²) < 4.78 is 25.9. The van der Waals surface area contributed by atoms with E-state index >= 15 is 0 Å². The summed E-state index contributed by atoms with van der Waals surface area (Å²) in [7, 11) is -3.25. The van der Waals surface area contributed by atoms with Crippen LogP contribution in [-0.2, 0) is 16.6 Å². The quantitative estimate of drug-likeness (QED) is 0.914. The topological polar surface area (TPSA) is 72.0 Å². The normalized spacial score (nSPS) is 11.8. The first-order valence-electron chi connectivity index (χ1n) is 6.33. The van der Waals surface area contributed by atoms with Crippen LogP contribution in [-0.4, -0.2) is 23.6 Å². The minimum atomic E-state index is -3.25. The molecule has 0 radical (unpaired) electrons. The van der Waals surface area contributed by atoms with Gasteiger partial charge in [0, 0.05) is 30.7 Å². The summed E-state index contributed by atoms with van der Waals surface area (Å²) in [5.74, 6) is 0. The smallest absolute Gasteiger partial charge is 0.214 e. The van der Waals surface area contributed by atoms with Crippen molar-refractivity contribution in [3.05, 3.63) is 48.4 Å². The summed E-state index contributed by atoms with van der Waals surface area (Å²) in [6, 6.07) is 7.49. The number of hydrogen-bond donors (Lipinski definition) is 1. The second-order valence-electron chi connectivity index (χ2n) is 4.71. The zero-order valence-electron chi connectivity index (χ0n) is 11.4. The van der Waals surface area contributed by atoms with Gasteiger partial charge in [-0.1, -0.05) is 6.07 Å². The summed E-state index contributed by atoms with van der Waals surface area (Å²) >= 11 is 0. The Morgan fingerprint density at radius 1 is 1.20 bits per heavy atom. The van der Waals surface area contributed by atoms with Gasteiger partial charge in [0.25, 0.3) is 0 Å². The summed E-state index contributed by atoms with van der Waals surface area (Å²) in [5.41, 5.74) is 2.57. The van der Waals surface area contributed by atoms with Gasteiger partial charge < -0.3 is 0 Å². The lowest BCUT2D eigenvalue weighted by Crippen LogP contribution is -2.30. The van der Waals surface area contributed by atoms with Crippen LogP contribution in [0.3, 0.4) is 0 Å². The van der Waals surface area contributed by atoms with Gasteiger partial charge in [-0.3, -0.25) is 9.97 Å². The SMILES string of the molecule is CC(C)S(=O)(=O)NCc1ccc(-c2cccnc2)nc1. The maximum Gasteiger partial charge on any atom is 0.214 e. The fourth-order valence-corrected chi connectivity index (χ4v) is 2.27. The molecule has 20 heavy (non-hydrogen) atoms. The van der Waals surface area contributed by atoms with Crippen molar-refractivity contribution in [2.75, 3.05) is 0 Å². The fraction of sp³-hybridized carbons (Fsp3) is 0.286. The molecule has 0 unspecified atom stereocenters. The van der Waals surface area contributed by atoms with Crippen molar-refractivity contribution < 1.29 is 8.42 Å². The zero-order valence-corrected chi connectivity index (χ0v) is 12.3. The Kier molecular flexibility index (Phi) is 4.46. The molecule has 5 nitrogen and oxygen atoms in total. The minimum Gasteiger partial charge on any atom is -0.264 e. The van der Waals surface area contributed by atoms with Crippen LogP contribution in [0.25, 0.3) is 11.3 Å². The van der Waals surface area contributed by atoms with Gasteiger partial charge in [-0.05, 0) is 37.6 Å². The average Bonchev–Trinajstić information content (AvgIpc) is 2.46. The van der Waals surface area contributed by atoms with E-state index in [-0.39, 0.29) is 6.54 Å². The summed E-state index contributed by atoms with van der Waals surface area (Å²) in [4.78, 5) is 8.36. The van der Waals surface area contributed by atoms with Gasteiger partial charge in [-0.15, -0.1) is 0 Å². The van der Waals surface area contributed by atoms with Gasteiger partial charge in [0.05, 0.1) is 10.9 Å². The van der Waals surface area contributed by atoms with E-state index in [0.717, 1.165) is 16.8 Å². The van der Waals surface area contributed by atoms with Crippen LogP contribution in [0.1, 0.15) is 19.4 Å². The Labute approximate surface area is 119 Å². The van der Waals surface area contributed by atoms with Crippen LogP contribution in [0, 0.1) is 0 Å². The molecule has 0 aliphatic heterocycles. The molecule has 0 atom stereocenters. The van der Waals surface area contributed by atoms with E-state index in [1.165, 1.54) is 0 Å². The highest BCUT2D eigenvalue weighted by molar-refractivity contribution is 7.90. The van der Waals surface area contributed by atoms with Crippen LogP contribution in [0.15, 0.2) is 42.9 Å². The van der Waals surface area contributed by atoms with Gasteiger partial charge in [-0.2, -0.15) is 0 Å². The molecule has 1 N–H and O–H groups in total. The van der Waals surface area contributed by atoms with Crippen molar-refractivity contribution >= 4 is 10.0 Å². The molecule has 0 spiro atoms. The number of rotatable bonds is 5. The van der Waals surface area contributed by atoms with E-state index in [1.54, 1.807) is 32.4 Å². The van der Waals surface area contributed by atoms with E-state index in [1.807, 2.05) is 24.3 Å². The molecular weight excluding hydrogens is 274 g/mol. The molecule has 2 heterocycles. The molecule has 106 valence electrons. The minimum absolute atomic E-state index is 0.251. The van der Waals surface area contributed by atoms with E-state index < -0.39 is 15.3 Å². The Balaban J connectivity index is 2.06. The lowest BCUT2D eigenvalue weighted by molar-refractivity contribution is 0.572. The van der Waals surface area contributed by atoms with Crippen molar-refractivity contribution in [3.63, 3.8) is 0 Å². The van der Waals surface area contributed by atoms with Crippen molar-refractivity contribution in [3.8, 4) is 11.3 Å². The molecule has 0 amide bonds. The Morgan fingerprint density at radius 2 is 2.00 bits per heavy atom. The third kappa shape index (κ3) is 3.61. The predicted molar refractivity (Wildman–Crippen MR) is 78.4 cm³/mol. The van der Waals surface area contributed by atoms with Crippen molar-refractivity contribution in [2.45, 2.75) is 25.6 Å². The zero-order chi connectivity index (χ0) is 14.6. The fourth-order valence-electron chi connectivity index (χ4n) is 1.56. The molecule has 0 aliphatic carbocycles. The van der Waals surface area contributed by atoms with Crippen LogP contribution >= 0.6 is 0 Å². The number of hydrogen-bond acceptors (Lipinski definition) is 4. The third-order valence-corrected chi connectivity index (χ3v) is 4.67. The summed E-state index contributed by atoms with van der Waals surface area (Å²) in [5, 5.41) is -0.440. The highest BCUT2D eigenvalue weighted by atomic mass is 32.2. The van der Waals surface area contributed by atoms with Crippen LogP contribution in [0.4, 0.5) is 0 Å². The molecule has 2 rings (SSSR count). The largest absolute Gasteiger partial charge is 0.264 e. The molecule has 0 aromatic carbocycles. The predicted octanol–water partition coefficient (Wildman–Crippen LogP) is 1.97. The lowest BCUT2D eigenvalue weighted by Gasteiger charge is -2.09. The number of sulfonamides is 1. The molecule has 6 heteroatoms. The van der Waals surface area contributed by atoms with Crippen molar-refractivity contribution in [1.29, 1.82) is 0 Å². The standard InChI is InChI=1S/C14H17N3O2S/c1-11(2)20(18,19)17-9-12-5-6-14(16-8-12)13-4-3-7-15-10-13/h3-8,10-11,17H,9H2,1-2H3. The van der Waals surface area contributed by atoms with Crippen LogP contribution in [0.5, 0.6) is 0 Å². The third-order valence-electron chi connectivity index (χ3n) is 2.88. The highest BCUT2D eigenvalue weighted by Crippen LogP contribution is 2.15. The van der Waals surface area contributed by atoms with Gasteiger partial charge in [0.15, 0.2) is 0 Å². The van der Waals surface area contributed by atoms with Gasteiger partial charge in [0.1, 0.15) is 0 Å². The molecule has 0 aliphatic rings. The van der Waals surface area contributed by atoms with Gasteiger partial charge in [0.2, 0.25) is 10.0 Å². The molecule has 0 bridgehead atoms. The van der Waals surface area contributed by atoms with E-state index in [4.69, 9.17) is 0 Å². The van der Waals surface area contributed by atoms with Crippen molar-refractivity contribution in [1.82, 2.24) is 14.7 Å². The number of pyridine rings is 2. The molecule has 0 saturated heterocycles. The lowest BCUT2D eigenvalue weighted by atomic mass is 10.1. The van der Waals surface area contributed by atoms with E-state index in [9.17, 15) is 8.42 Å². The van der Waals surface area contributed by atoms with Crippen LogP contribution in [0.2, 0.25) is 0 Å². The number of aromatic nitrogens is 2. The van der Waals surface area contributed by atoms with Crippen molar-refractivity contribution in [2.24, 2.45) is 0 Å². The van der Waals surface area contributed by atoms with Gasteiger partial charge in [-0.25, -0.2) is 13.1 Å². The Hall–Kier alpha value is -1.79. The first kappa shape index (κ1) is 14.6. The molecule has 0 saturated carbocycles. The maximum atomic E-state index is 11.7. The monoisotopic (exact) mass is 291 g/mol. The number of nitrogens with one attached hydrogen (secondary N) is 1. The summed E-state index contributed by atoms with van der Waals surface area (Å²) in [6.07, 6.45) is 5.12. The summed E-state index contributed by atoms with van der Waals surface area (Å²) in [6.45, 7) is 3.54. The molecule has 2 aromatic rings. The first-order valence-corrected chi connectivity index (χ1v) is 7.87. The second kappa shape index (κ2) is 6.11.